The number of nitrogens with zero attached hydrogens (tertiary/aromatic N) is 2. The highest BCUT2D eigenvalue weighted by Crippen LogP contribution is 2.25. The van der Waals surface area contributed by atoms with E-state index < -0.39 is 18.7 Å². The molecule has 1 N–H and O–H groups in total. The lowest BCUT2D eigenvalue weighted by atomic mass is 10.1. The summed E-state index contributed by atoms with van der Waals surface area (Å²) in [6.07, 6.45) is -2.79. The smallest absolute Gasteiger partial charge is 0.280 e. The van der Waals surface area contributed by atoms with Crippen LogP contribution in [0.2, 0.25) is 0 Å². The lowest BCUT2D eigenvalue weighted by molar-refractivity contribution is 0.141. The monoisotopic (exact) mass is 276 g/mol. The van der Waals surface area contributed by atoms with E-state index in [0.29, 0.717) is 5.69 Å². The van der Waals surface area contributed by atoms with Crippen LogP contribution in [0, 0.1) is 11.3 Å². The summed E-state index contributed by atoms with van der Waals surface area (Å²) in [6, 6.07) is 3.14. The number of aromatic nitrogens is 1. The minimum Gasteiger partial charge on any atom is -0.392 e. The Bertz CT molecular complexity index is 404. The molecule has 0 unspecified atom stereocenters. The summed E-state index contributed by atoms with van der Waals surface area (Å²) < 4.78 is 25.1. The molecule has 0 fully saturated rings. The van der Waals surface area contributed by atoms with Crippen molar-refractivity contribution < 1.29 is 13.9 Å². The van der Waals surface area contributed by atoms with Gasteiger partial charge >= 0.3 is 0 Å². The van der Waals surface area contributed by atoms with Crippen LogP contribution in [-0.4, -0.2) is 10.1 Å². The maximum Gasteiger partial charge on any atom is 0.280 e. The fraction of sp³-hybridized carbons (Fsp3) is 0.333. The highest BCUT2D eigenvalue weighted by molar-refractivity contribution is 9.08. The van der Waals surface area contributed by atoms with E-state index >= 15 is 0 Å². The summed E-state index contributed by atoms with van der Waals surface area (Å²) >= 11 is 3.07. The molecule has 1 aromatic rings. The maximum absolute atomic E-state index is 12.5. The lowest BCUT2D eigenvalue weighted by Crippen LogP contribution is -2.04. The molecule has 1 rings (SSSR count). The molecule has 0 aliphatic heterocycles. The van der Waals surface area contributed by atoms with Crippen molar-refractivity contribution >= 4 is 15.9 Å². The predicted molar refractivity (Wildman–Crippen MR) is 52.5 cm³/mol. The standard InChI is InChI=1S/C9H7BrF2N2O/c10-2-6-1-5(3-13)7(4-15)8(14-6)9(11)12/h1,9,15H,2,4H2. The van der Waals surface area contributed by atoms with Crippen molar-refractivity contribution in [3.8, 4) is 6.07 Å². The molecule has 15 heavy (non-hydrogen) atoms. The summed E-state index contributed by atoms with van der Waals surface area (Å²) in [6.45, 7) is -0.613. The highest BCUT2D eigenvalue weighted by Gasteiger charge is 2.18. The second kappa shape index (κ2) is 5.14. The van der Waals surface area contributed by atoms with E-state index in [4.69, 9.17) is 10.4 Å². The molecule has 1 heterocycles. The van der Waals surface area contributed by atoms with Crippen LogP contribution in [0.25, 0.3) is 0 Å². The third-order valence-corrected chi connectivity index (χ3v) is 2.41. The van der Waals surface area contributed by atoms with Crippen molar-refractivity contribution in [1.82, 2.24) is 4.98 Å². The second-order valence-electron chi connectivity index (χ2n) is 2.73. The van der Waals surface area contributed by atoms with Crippen molar-refractivity contribution in [2.45, 2.75) is 18.4 Å². The van der Waals surface area contributed by atoms with Gasteiger partial charge in [0.15, 0.2) is 0 Å². The van der Waals surface area contributed by atoms with Crippen molar-refractivity contribution in [3.63, 3.8) is 0 Å². The van der Waals surface area contributed by atoms with E-state index in [-0.39, 0.29) is 16.5 Å². The average molecular weight is 277 g/mol. The van der Waals surface area contributed by atoms with Crippen LogP contribution in [0.5, 0.6) is 0 Å². The Morgan fingerprint density at radius 2 is 2.27 bits per heavy atom. The quantitative estimate of drug-likeness (QED) is 0.862. The second-order valence-corrected chi connectivity index (χ2v) is 3.29. The molecule has 0 saturated heterocycles. The van der Waals surface area contributed by atoms with Gasteiger partial charge in [0.1, 0.15) is 5.69 Å². The minimum atomic E-state index is -2.79. The molecule has 0 radical (unpaired) electrons. The fourth-order valence-corrected chi connectivity index (χ4v) is 1.45. The van der Waals surface area contributed by atoms with Crippen molar-refractivity contribution in [3.05, 3.63) is 28.6 Å². The van der Waals surface area contributed by atoms with E-state index in [2.05, 4.69) is 20.9 Å². The fourth-order valence-electron chi connectivity index (χ4n) is 1.16. The number of pyridine rings is 1. The molecule has 0 saturated carbocycles. The third kappa shape index (κ3) is 2.49. The number of alkyl halides is 3. The average Bonchev–Trinajstić information content (AvgIpc) is 2.26. The molecule has 0 spiro atoms. The summed E-state index contributed by atoms with van der Waals surface area (Å²) in [5.74, 6) is 0. The molecule has 3 nitrogen and oxygen atoms in total. The predicted octanol–water partition coefficient (Wildman–Crippen LogP) is 2.28. The molecular weight excluding hydrogens is 270 g/mol. The molecule has 0 aromatic carbocycles. The number of hydrogen-bond acceptors (Lipinski definition) is 3. The largest absolute Gasteiger partial charge is 0.392 e. The lowest BCUT2D eigenvalue weighted by Gasteiger charge is -2.09. The Labute approximate surface area is 93.5 Å². The molecule has 80 valence electrons. The van der Waals surface area contributed by atoms with Crippen molar-refractivity contribution in [2.24, 2.45) is 0 Å². The first-order valence-corrected chi connectivity index (χ1v) is 5.14. The van der Waals surface area contributed by atoms with Gasteiger partial charge in [-0.05, 0) is 6.07 Å². The first-order valence-electron chi connectivity index (χ1n) is 4.01. The topological polar surface area (TPSA) is 56.9 Å². The molecule has 0 bridgehead atoms. The third-order valence-electron chi connectivity index (χ3n) is 1.83. The zero-order chi connectivity index (χ0) is 11.4. The Hall–Kier alpha value is -1.06. The number of aliphatic hydroxyl groups excluding tert-OH is 1. The zero-order valence-electron chi connectivity index (χ0n) is 7.54. The molecular formula is C9H7BrF2N2O. The van der Waals surface area contributed by atoms with Gasteiger partial charge < -0.3 is 5.11 Å². The van der Waals surface area contributed by atoms with Gasteiger partial charge in [-0.2, -0.15) is 5.26 Å². The van der Waals surface area contributed by atoms with Crippen LogP contribution >= 0.6 is 15.9 Å². The first kappa shape index (κ1) is 12.0. The van der Waals surface area contributed by atoms with Crippen LogP contribution in [0.1, 0.15) is 28.9 Å². The van der Waals surface area contributed by atoms with Gasteiger partial charge in [-0.25, -0.2) is 8.78 Å². The van der Waals surface area contributed by atoms with Crippen LogP contribution in [0.4, 0.5) is 8.78 Å². The van der Waals surface area contributed by atoms with E-state index in [9.17, 15) is 8.78 Å². The summed E-state index contributed by atoms with van der Waals surface area (Å²) in [5.41, 5.74) is -0.237. The number of halogens is 3. The van der Waals surface area contributed by atoms with E-state index in [0.717, 1.165) is 0 Å². The Morgan fingerprint density at radius 1 is 1.60 bits per heavy atom. The molecule has 1 aromatic heterocycles. The number of nitriles is 1. The Morgan fingerprint density at radius 3 is 2.67 bits per heavy atom. The van der Waals surface area contributed by atoms with Crippen LogP contribution in [0.3, 0.4) is 0 Å². The van der Waals surface area contributed by atoms with Gasteiger partial charge in [-0.1, -0.05) is 15.9 Å². The van der Waals surface area contributed by atoms with Crippen LogP contribution < -0.4 is 0 Å². The Balaban J connectivity index is 3.41. The Kier molecular flexibility index (Phi) is 4.12. The van der Waals surface area contributed by atoms with Gasteiger partial charge in [0.2, 0.25) is 0 Å². The minimum absolute atomic E-state index is 0.0391. The normalized spacial score (nSPS) is 10.4. The molecule has 0 amide bonds. The van der Waals surface area contributed by atoms with Crippen LogP contribution in [0.15, 0.2) is 6.07 Å². The van der Waals surface area contributed by atoms with Gasteiger partial charge in [0.25, 0.3) is 6.43 Å². The molecule has 0 atom stereocenters. The van der Waals surface area contributed by atoms with Crippen molar-refractivity contribution in [1.29, 1.82) is 5.26 Å². The molecule has 0 aliphatic rings. The summed E-state index contributed by atoms with van der Waals surface area (Å²) in [5, 5.41) is 17.9. The number of rotatable bonds is 3. The molecule has 0 aliphatic carbocycles. The highest BCUT2D eigenvalue weighted by atomic mass is 79.9. The van der Waals surface area contributed by atoms with Gasteiger partial charge in [0.05, 0.1) is 23.9 Å². The molecule has 6 heteroatoms. The number of hydrogen-bond donors (Lipinski definition) is 1. The summed E-state index contributed by atoms with van der Waals surface area (Å²) in [4.78, 5) is 3.66. The van der Waals surface area contributed by atoms with Gasteiger partial charge in [-0.3, -0.25) is 4.98 Å². The van der Waals surface area contributed by atoms with Crippen LogP contribution in [-0.2, 0) is 11.9 Å². The maximum atomic E-state index is 12.5. The van der Waals surface area contributed by atoms with Crippen molar-refractivity contribution in [2.75, 3.05) is 0 Å². The SMILES string of the molecule is N#Cc1cc(CBr)nc(C(F)F)c1CO. The van der Waals surface area contributed by atoms with Gasteiger partial charge in [0, 0.05) is 10.9 Å². The van der Waals surface area contributed by atoms with E-state index in [1.54, 1.807) is 6.07 Å². The van der Waals surface area contributed by atoms with E-state index in [1.165, 1.54) is 6.07 Å². The van der Waals surface area contributed by atoms with Gasteiger partial charge in [-0.15, -0.1) is 0 Å². The van der Waals surface area contributed by atoms with E-state index in [1.807, 2.05) is 0 Å². The first-order chi connectivity index (χ1) is 7.13. The summed E-state index contributed by atoms with van der Waals surface area (Å²) in [7, 11) is 0. The number of aliphatic hydroxyl groups is 1. The zero-order valence-corrected chi connectivity index (χ0v) is 9.13.